The van der Waals surface area contributed by atoms with Crippen LogP contribution in [0.4, 0.5) is 0 Å². The van der Waals surface area contributed by atoms with Gasteiger partial charge < -0.3 is 14.2 Å². The van der Waals surface area contributed by atoms with Gasteiger partial charge in [-0.05, 0) is 17.7 Å². The molecule has 0 saturated carbocycles. The molecule has 1 unspecified atom stereocenters. The second-order valence-corrected chi connectivity index (χ2v) is 4.55. The molecule has 2 aromatic carbocycles. The molecule has 19 heavy (non-hydrogen) atoms. The lowest BCUT2D eigenvalue weighted by Gasteiger charge is -2.22. The van der Waals surface area contributed by atoms with Crippen molar-refractivity contribution in [3.63, 3.8) is 0 Å². The van der Waals surface area contributed by atoms with E-state index in [1.807, 2.05) is 30.3 Å². The Kier molecular flexibility index (Phi) is 2.24. The Morgan fingerprint density at radius 3 is 2.53 bits per heavy atom. The van der Waals surface area contributed by atoms with Crippen LogP contribution in [0.2, 0.25) is 0 Å². The average Bonchev–Trinajstić information content (AvgIpc) is 2.92. The first-order valence-electron chi connectivity index (χ1n) is 6.23. The van der Waals surface area contributed by atoms with Crippen LogP contribution in [0.25, 0.3) is 6.08 Å². The average molecular weight is 252 g/mol. The molecule has 0 amide bonds. The second-order valence-electron chi connectivity index (χ2n) is 4.55. The minimum atomic E-state index is -0.0472. The molecule has 94 valence electrons. The lowest BCUT2D eigenvalue weighted by atomic mass is 10.0. The van der Waals surface area contributed by atoms with Crippen LogP contribution in [0.15, 0.2) is 48.5 Å². The molecule has 3 heteroatoms. The molecule has 2 heterocycles. The maximum absolute atomic E-state index is 6.02. The maximum atomic E-state index is 6.02. The molecule has 0 saturated heterocycles. The Bertz CT molecular complexity index is 647. The van der Waals surface area contributed by atoms with E-state index < -0.39 is 0 Å². The zero-order chi connectivity index (χ0) is 12.7. The molecular formula is C16H12O3. The van der Waals surface area contributed by atoms with Crippen molar-refractivity contribution in [2.45, 2.75) is 6.10 Å². The summed E-state index contributed by atoms with van der Waals surface area (Å²) in [5, 5.41) is 0. The summed E-state index contributed by atoms with van der Waals surface area (Å²) in [6, 6.07) is 14.0. The molecule has 3 nitrogen and oxygen atoms in total. The van der Waals surface area contributed by atoms with Gasteiger partial charge in [0.05, 0.1) is 0 Å². The van der Waals surface area contributed by atoms with Gasteiger partial charge in [0.2, 0.25) is 6.79 Å². The van der Waals surface area contributed by atoms with Gasteiger partial charge in [0, 0.05) is 11.6 Å². The van der Waals surface area contributed by atoms with Gasteiger partial charge >= 0.3 is 0 Å². The molecule has 2 aliphatic rings. The zero-order valence-electron chi connectivity index (χ0n) is 10.2. The fourth-order valence-corrected chi connectivity index (χ4v) is 2.36. The third-order valence-electron chi connectivity index (χ3n) is 3.34. The number of rotatable bonds is 1. The molecule has 0 bridgehead atoms. The number of hydrogen-bond acceptors (Lipinski definition) is 3. The summed E-state index contributed by atoms with van der Waals surface area (Å²) in [6.45, 7) is 0.282. The molecular weight excluding hydrogens is 240 g/mol. The largest absolute Gasteiger partial charge is 0.481 e. The van der Waals surface area contributed by atoms with Crippen LogP contribution < -0.4 is 14.2 Å². The van der Waals surface area contributed by atoms with Crippen LogP contribution in [0.1, 0.15) is 17.2 Å². The van der Waals surface area contributed by atoms with Crippen LogP contribution >= 0.6 is 0 Å². The van der Waals surface area contributed by atoms with E-state index in [1.54, 1.807) is 0 Å². The summed E-state index contributed by atoms with van der Waals surface area (Å²) in [5.41, 5.74) is 2.17. The monoisotopic (exact) mass is 252 g/mol. The van der Waals surface area contributed by atoms with Crippen molar-refractivity contribution in [3.8, 4) is 17.2 Å². The fraction of sp³-hybridized carbons (Fsp3) is 0.125. The van der Waals surface area contributed by atoms with Gasteiger partial charge in [-0.1, -0.05) is 36.4 Å². The lowest BCUT2D eigenvalue weighted by Crippen LogP contribution is -2.08. The van der Waals surface area contributed by atoms with Crippen molar-refractivity contribution in [1.29, 1.82) is 0 Å². The predicted octanol–water partition coefficient (Wildman–Crippen LogP) is 3.56. The van der Waals surface area contributed by atoms with E-state index in [2.05, 4.69) is 24.3 Å². The molecule has 2 aliphatic heterocycles. The van der Waals surface area contributed by atoms with Crippen LogP contribution in [0, 0.1) is 0 Å². The third kappa shape index (κ3) is 1.74. The van der Waals surface area contributed by atoms with E-state index in [-0.39, 0.29) is 12.9 Å². The number of benzene rings is 2. The highest BCUT2D eigenvalue weighted by Crippen LogP contribution is 2.42. The molecule has 0 aliphatic carbocycles. The van der Waals surface area contributed by atoms with Crippen molar-refractivity contribution < 1.29 is 14.2 Å². The quantitative estimate of drug-likeness (QED) is 0.776. The SMILES string of the molecule is C1=CC(c2ccccc2)Oc2cc3c(cc21)OCO3. The van der Waals surface area contributed by atoms with Crippen molar-refractivity contribution in [1.82, 2.24) is 0 Å². The molecule has 0 N–H and O–H groups in total. The first-order valence-corrected chi connectivity index (χ1v) is 6.23. The van der Waals surface area contributed by atoms with Gasteiger partial charge in [0.15, 0.2) is 11.5 Å². The zero-order valence-corrected chi connectivity index (χ0v) is 10.2. The number of fused-ring (bicyclic) bond motifs is 2. The summed E-state index contributed by atoms with van der Waals surface area (Å²) in [6.07, 6.45) is 4.08. The van der Waals surface area contributed by atoms with E-state index in [0.717, 1.165) is 28.4 Å². The highest BCUT2D eigenvalue weighted by molar-refractivity contribution is 5.66. The van der Waals surface area contributed by atoms with Gasteiger partial charge in [-0.15, -0.1) is 0 Å². The first-order chi connectivity index (χ1) is 9.40. The van der Waals surface area contributed by atoms with Crippen LogP contribution in [-0.4, -0.2) is 6.79 Å². The first kappa shape index (κ1) is 10.5. The molecule has 0 fully saturated rings. The highest BCUT2D eigenvalue weighted by Gasteiger charge is 2.22. The van der Waals surface area contributed by atoms with Crippen molar-refractivity contribution in [2.24, 2.45) is 0 Å². The van der Waals surface area contributed by atoms with Gasteiger partial charge in [-0.3, -0.25) is 0 Å². The topological polar surface area (TPSA) is 27.7 Å². The Morgan fingerprint density at radius 2 is 1.68 bits per heavy atom. The Hall–Kier alpha value is -2.42. The van der Waals surface area contributed by atoms with Crippen LogP contribution in [-0.2, 0) is 0 Å². The molecule has 4 rings (SSSR count). The van der Waals surface area contributed by atoms with Gasteiger partial charge in [-0.2, -0.15) is 0 Å². The van der Waals surface area contributed by atoms with Gasteiger partial charge in [-0.25, -0.2) is 0 Å². The van der Waals surface area contributed by atoms with E-state index in [1.165, 1.54) is 0 Å². The van der Waals surface area contributed by atoms with E-state index in [9.17, 15) is 0 Å². The summed E-state index contributed by atoms with van der Waals surface area (Å²) < 4.78 is 16.8. The van der Waals surface area contributed by atoms with Crippen molar-refractivity contribution >= 4 is 6.08 Å². The summed E-state index contributed by atoms with van der Waals surface area (Å²) in [5.74, 6) is 2.37. The molecule has 0 aromatic heterocycles. The van der Waals surface area contributed by atoms with Gasteiger partial charge in [0.1, 0.15) is 11.9 Å². The lowest BCUT2D eigenvalue weighted by molar-refractivity contribution is 0.173. The normalized spacial score (nSPS) is 18.8. The Morgan fingerprint density at radius 1 is 0.895 bits per heavy atom. The summed E-state index contributed by atoms with van der Waals surface area (Å²) >= 11 is 0. The Balaban J connectivity index is 1.71. The third-order valence-corrected chi connectivity index (χ3v) is 3.34. The minimum absolute atomic E-state index is 0.0472. The molecule has 0 radical (unpaired) electrons. The standard InChI is InChI=1S/C16H12O3/c1-2-4-11(5-3-1)13-7-6-12-8-15-16(18-10-17-15)9-14(12)19-13/h1-9,13H,10H2. The van der Waals surface area contributed by atoms with E-state index in [4.69, 9.17) is 14.2 Å². The minimum Gasteiger partial charge on any atom is -0.481 e. The second kappa shape index (κ2) is 4.05. The highest BCUT2D eigenvalue weighted by atomic mass is 16.7. The van der Waals surface area contributed by atoms with E-state index >= 15 is 0 Å². The summed E-state index contributed by atoms with van der Waals surface area (Å²) in [7, 11) is 0. The van der Waals surface area contributed by atoms with E-state index in [0.29, 0.717) is 0 Å². The molecule has 2 aromatic rings. The predicted molar refractivity (Wildman–Crippen MR) is 71.4 cm³/mol. The molecule has 0 spiro atoms. The van der Waals surface area contributed by atoms with Crippen molar-refractivity contribution in [2.75, 3.05) is 6.79 Å². The van der Waals surface area contributed by atoms with Crippen LogP contribution in [0.5, 0.6) is 17.2 Å². The fourth-order valence-electron chi connectivity index (χ4n) is 2.36. The van der Waals surface area contributed by atoms with Crippen LogP contribution in [0.3, 0.4) is 0 Å². The summed E-state index contributed by atoms with van der Waals surface area (Å²) in [4.78, 5) is 0. The molecule has 1 atom stereocenters. The van der Waals surface area contributed by atoms with Crippen molar-refractivity contribution in [3.05, 3.63) is 59.7 Å². The number of ether oxygens (including phenoxy) is 3. The Labute approximate surface area is 111 Å². The smallest absolute Gasteiger partial charge is 0.231 e. The number of hydrogen-bond donors (Lipinski definition) is 0. The van der Waals surface area contributed by atoms with Gasteiger partial charge in [0.25, 0.3) is 0 Å². The maximum Gasteiger partial charge on any atom is 0.231 e.